The molecule has 14 heteroatoms. The maximum atomic E-state index is 14.7. The quantitative estimate of drug-likeness (QED) is 0.305. The van der Waals surface area contributed by atoms with Crippen molar-refractivity contribution in [2.24, 2.45) is 0 Å². The fourth-order valence-corrected chi connectivity index (χ4v) is 5.12. The number of aliphatic hydroxyl groups excluding tert-OH is 2. The van der Waals surface area contributed by atoms with Gasteiger partial charge in [-0.15, -0.1) is 5.10 Å². The van der Waals surface area contributed by atoms with E-state index in [1.54, 1.807) is 18.2 Å². The number of hydrogen-bond donors (Lipinski definition) is 2. The van der Waals surface area contributed by atoms with E-state index in [9.17, 15) is 27.8 Å². The van der Waals surface area contributed by atoms with E-state index in [1.807, 2.05) is 0 Å². The third-order valence-electron chi connectivity index (χ3n) is 7.02. The van der Waals surface area contributed by atoms with Crippen molar-refractivity contribution in [1.29, 1.82) is 0 Å². The van der Waals surface area contributed by atoms with Crippen LogP contribution in [0.4, 0.5) is 17.6 Å². The minimum Gasteiger partial charge on any atom is -0.394 e. The molecule has 4 unspecified atom stereocenters. The van der Waals surface area contributed by atoms with Gasteiger partial charge < -0.3 is 14.9 Å². The third-order valence-corrected chi connectivity index (χ3v) is 7.02. The van der Waals surface area contributed by atoms with Crippen LogP contribution in [0.15, 0.2) is 60.9 Å². The van der Waals surface area contributed by atoms with Crippen LogP contribution in [-0.2, 0) is 10.9 Å². The highest BCUT2D eigenvalue weighted by Crippen LogP contribution is 2.40. The van der Waals surface area contributed by atoms with Crippen LogP contribution in [0, 0.1) is 12.7 Å². The van der Waals surface area contributed by atoms with Gasteiger partial charge in [-0.05, 0) is 37.3 Å². The first-order valence-corrected chi connectivity index (χ1v) is 12.6. The van der Waals surface area contributed by atoms with Gasteiger partial charge in [0.05, 0.1) is 30.1 Å². The molecule has 5 aromatic rings. The van der Waals surface area contributed by atoms with Crippen LogP contribution >= 0.6 is 0 Å². The number of hydrogen-bond acceptors (Lipinski definition) is 8. The van der Waals surface area contributed by atoms with Crippen molar-refractivity contribution in [3.8, 4) is 16.9 Å². The Morgan fingerprint density at radius 1 is 1.12 bits per heavy atom. The van der Waals surface area contributed by atoms with Crippen molar-refractivity contribution < 1.29 is 32.5 Å². The van der Waals surface area contributed by atoms with E-state index in [4.69, 9.17) is 4.74 Å². The number of nitrogens with zero attached hydrogens (tertiary/aromatic N) is 7. The topological polar surface area (TPSA) is 124 Å². The molecule has 4 heterocycles. The van der Waals surface area contributed by atoms with Gasteiger partial charge in [-0.2, -0.15) is 18.3 Å². The highest BCUT2D eigenvalue weighted by atomic mass is 19.4. The molecule has 1 saturated heterocycles. The Bertz CT molecular complexity index is 1720. The standard InChI is InChI=1S/C27H23F4N7O3/c1-14-33-26(38(35-14)20-7-3-2-6-17(20)27(29,30)31)22-11-21(25(40)23(13-39)41-22)37-12-19(34-36-37)16-9-15-5-4-8-32-24(15)18(28)10-16/h2-10,12,21-23,25,39-40H,11,13H2,1H3. The Kier molecular flexibility index (Phi) is 6.76. The number of benzene rings is 2. The van der Waals surface area contributed by atoms with E-state index in [0.29, 0.717) is 16.6 Å². The zero-order valence-corrected chi connectivity index (χ0v) is 21.4. The van der Waals surface area contributed by atoms with Gasteiger partial charge in [-0.1, -0.05) is 23.4 Å². The summed E-state index contributed by atoms with van der Waals surface area (Å²) in [6, 6.07) is 10.5. The van der Waals surface area contributed by atoms with Crippen LogP contribution in [0.25, 0.3) is 27.8 Å². The van der Waals surface area contributed by atoms with Crippen LogP contribution in [-0.4, -0.2) is 63.8 Å². The van der Waals surface area contributed by atoms with Gasteiger partial charge in [0.15, 0.2) is 5.82 Å². The van der Waals surface area contributed by atoms with Gasteiger partial charge in [0.1, 0.15) is 41.2 Å². The summed E-state index contributed by atoms with van der Waals surface area (Å²) in [6.45, 7) is 0.960. The van der Waals surface area contributed by atoms with E-state index >= 15 is 0 Å². The third kappa shape index (κ3) is 4.94. The minimum atomic E-state index is -4.65. The Morgan fingerprint density at radius 3 is 2.71 bits per heavy atom. The maximum Gasteiger partial charge on any atom is 0.418 e. The van der Waals surface area contributed by atoms with E-state index < -0.39 is 48.5 Å². The number of aromatic nitrogens is 7. The normalized spacial score (nSPS) is 21.4. The minimum absolute atomic E-state index is 0.0167. The predicted molar refractivity (Wildman–Crippen MR) is 136 cm³/mol. The number of fused-ring (bicyclic) bond motifs is 1. The second-order valence-electron chi connectivity index (χ2n) is 9.70. The number of ether oxygens (including phenoxy) is 1. The number of aliphatic hydroxyl groups is 2. The summed E-state index contributed by atoms with van der Waals surface area (Å²) < 4.78 is 64.5. The van der Waals surface area contributed by atoms with Crippen LogP contribution in [0.5, 0.6) is 0 Å². The zero-order chi connectivity index (χ0) is 28.9. The summed E-state index contributed by atoms with van der Waals surface area (Å²) in [5, 5.41) is 34.1. The van der Waals surface area contributed by atoms with E-state index in [1.165, 1.54) is 48.3 Å². The van der Waals surface area contributed by atoms with Crippen LogP contribution < -0.4 is 0 Å². The summed E-state index contributed by atoms with van der Waals surface area (Å²) in [7, 11) is 0. The molecule has 212 valence electrons. The highest BCUT2D eigenvalue weighted by Gasteiger charge is 2.42. The van der Waals surface area contributed by atoms with Crippen LogP contribution in [0.1, 0.15) is 35.8 Å². The molecule has 3 aromatic heterocycles. The first-order valence-electron chi connectivity index (χ1n) is 12.6. The van der Waals surface area contributed by atoms with Gasteiger partial charge in [-0.3, -0.25) is 4.98 Å². The molecule has 0 aliphatic carbocycles. The van der Waals surface area contributed by atoms with Crippen molar-refractivity contribution in [3.63, 3.8) is 0 Å². The predicted octanol–water partition coefficient (Wildman–Crippen LogP) is 3.96. The Labute approximate surface area is 229 Å². The molecule has 0 bridgehead atoms. The molecule has 0 saturated carbocycles. The van der Waals surface area contributed by atoms with Gasteiger partial charge in [0.25, 0.3) is 0 Å². The highest BCUT2D eigenvalue weighted by molar-refractivity contribution is 5.84. The lowest BCUT2D eigenvalue weighted by Crippen LogP contribution is -2.45. The second-order valence-corrected chi connectivity index (χ2v) is 9.70. The summed E-state index contributed by atoms with van der Waals surface area (Å²) >= 11 is 0. The van der Waals surface area contributed by atoms with Crippen LogP contribution in [0.3, 0.4) is 0 Å². The molecule has 1 aliphatic rings. The lowest BCUT2D eigenvalue weighted by molar-refractivity contribution is -0.161. The number of halogens is 4. The first-order chi connectivity index (χ1) is 19.6. The molecule has 4 atom stereocenters. The summed E-state index contributed by atoms with van der Waals surface area (Å²) in [4.78, 5) is 8.40. The molecule has 2 N–H and O–H groups in total. The van der Waals surface area contributed by atoms with Crippen molar-refractivity contribution in [2.75, 3.05) is 6.61 Å². The first kappa shape index (κ1) is 26.9. The summed E-state index contributed by atoms with van der Waals surface area (Å²) in [6.07, 6.45) is -4.95. The van der Waals surface area contributed by atoms with E-state index in [2.05, 4.69) is 25.4 Å². The van der Waals surface area contributed by atoms with E-state index in [0.717, 1.165) is 10.7 Å². The van der Waals surface area contributed by atoms with Gasteiger partial charge in [-0.25, -0.2) is 18.7 Å². The SMILES string of the molecule is Cc1nc(C2CC(n3cc(-c4cc(F)c5ncccc5c4)nn3)C(O)C(CO)O2)n(-c2ccccc2C(F)(F)F)n1. The molecule has 0 spiro atoms. The fraction of sp³-hybridized carbons (Fsp3) is 0.296. The molecule has 1 aliphatic heterocycles. The molecule has 6 rings (SSSR count). The lowest BCUT2D eigenvalue weighted by Gasteiger charge is -2.38. The number of alkyl halides is 3. The van der Waals surface area contributed by atoms with Crippen molar-refractivity contribution in [2.45, 2.75) is 43.9 Å². The number of aryl methyl sites for hydroxylation is 1. The summed E-state index contributed by atoms with van der Waals surface area (Å²) in [5.74, 6) is -0.258. The maximum absolute atomic E-state index is 14.7. The Hall–Kier alpha value is -4.27. The monoisotopic (exact) mass is 569 g/mol. The van der Waals surface area contributed by atoms with E-state index in [-0.39, 0.29) is 29.3 Å². The average molecular weight is 570 g/mol. The zero-order valence-electron chi connectivity index (χ0n) is 21.4. The molecular formula is C27H23F4N7O3. The fourth-order valence-electron chi connectivity index (χ4n) is 5.12. The number of para-hydroxylation sites is 1. The Balaban J connectivity index is 1.37. The summed E-state index contributed by atoms with van der Waals surface area (Å²) in [5.41, 5.74) is -0.174. The second kappa shape index (κ2) is 10.3. The van der Waals surface area contributed by atoms with Gasteiger partial charge in [0, 0.05) is 23.6 Å². The van der Waals surface area contributed by atoms with Gasteiger partial charge in [0.2, 0.25) is 0 Å². The average Bonchev–Trinajstić information content (AvgIpc) is 3.60. The molecular weight excluding hydrogens is 546 g/mol. The smallest absolute Gasteiger partial charge is 0.394 e. The molecule has 1 fully saturated rings. The van der Waals surface area contributed by atoms with Gasteiger partial charge >= 0.3 is 6.18 Å². The molecule has 2 aromatic carbocycles. The van der Waals surface area contributed by atoms with Crippen LogP contribution in [0.2, 0.25) is 0 Å². The molecule has 41 heavy (non-hydrogen) atoms. The lowest BCUT2D eigenvalue weighted by atomic mass is 9.95. The Morgan fingerprint density at radius 2 is 1.93 bits per heavy atom. The largest absolute Gasteiger partial charge is 0.418 e. The molecule has 10 nitrogen and oxygen atoms in total. The number of pyridine rings is 1. The van der Waals surface area contributed by atoms with Crippen molar-refractivity contribution >= 4 is 10.9 Å². The van der Waals surface area contributed by atoms with Crippen molar-refractivity contribution in [1.82, 2.24) is 34.7 Å². The molecule has 0 radical (unpaired) electrons. The van der Waals surface area contributed by atoms with Crippen molar-refractivity contribution in [3.05, 3.63) is 84.0 Å². The number of rotatable bonds is 5. The molecule has 0 amide bonds.